The highest BCUT2D eigenvalue weighted by molar-refractivity contribution is 7.89. The number of thiazole rings is 1. The van der Waals surface area contributed by atoms with Crippen molar-refractivity contribution in [3.05, 3.63) is 40.3 Å². The van der Waals surface area contributed by atoms with Gasteiger partial charge in [0.2, 0.25) is 21.7 Å². The number of nitrogens with two attached hydrogens (primary N) is 2. The fourth-order valence-corrected chi connectivity index (χ4v) is 7.31. The second-order valence-corrected chi connectivity index (χ2v) is 12.8. The zero-order valence-corrected chi connectivity index (χ0v) is 22.5. The average molecular weight is 571 g/mol. The van der Waals surface area contributed by atoms with E-state index >= 15 is 0 Å². The first-order valence-corrected chi connectivity index (χ1v) is 15.0. The molecule has 2 aliphatic heterocycles. The Kier molecular flexibility index (Phi) is 8.96. The summed E-state index contributed by atoms with van der Waals surface area (Å²) in [7, 11) is -3.40. The molecule has 1 aromatic heterocycles. The lowest BCUT2D eigenvalue weighted by Crippen LogP contribution is -2.44. The first kappa shape index (κ1) is 28.3. The number of nitrogen functional groups attached to an aromatic ring is 1. The highest BCUT2D eigenvalue weighted by atomic mass is 32.2. The molecule has 0 atom stereocenters. The third kappa shape index (κ3) is 6.65. The van der Waals surface area contributed by atoms with E-state index in [1.165, 1.54) is 10.4 Å². The van der Waals surface area contributed by atoms with Crippen molar-refractivity contribution in [3.63, 3.8) is 0 Å². The van der Waals surface area contributed by atoms with Gasteiger partial charge in [0.25, 0.3) is 0 Å². The van der Waals surface area contributed by atoms with Crippen LogP contribution in [0.5, 0.6) is 0 Å². The molecular formula is C24H32F2N6O4S2. The summed E-state index contributed by atoms with van der Waals surface area (Å²) in [5.74, 6) is -3.24. The number of nitrogens with one attached hydrogen (secondary N) is 1. The summed E-state index contributed by atoms with van der Waals surface area (Å²) in [6, 6.07) is 3.09. The van der Waals surface area contributed by atoms with Crippen molar-refractivity contribution in [2.45, 2.75) is 38.1 Å². The van der Waals surface area contributed by atoms with Crippen molar-refractivity contribution in [3.8, 4) is 0 Å². The van der Waals surface area contributed by atoms with Crippen LogP contribution in [0.15, 0.2) is 18.2 Å². The second kappa shape index (κ2) is 12.0. The molecule has 4 rings (SSSR count). The van der Waals surface area contributed by atoms with Gasteiger partial charge < -0.3 is 21.7 Å². The summed E-state index contributed by atoms with van der Waals surface area (Å²) < 4.78 is 55.3. The molecule has 0 unspecified atom stereocenters. The fraction of sp³-hybridized carbons (Fsp3) is 0.542. The van der Waals surface area contributed by atoms with E-state index in [9.17, 15) is 26.8 Å². The zero-order chi connectivity index (χ0) is 27.4. The number of sulfonamides is 1. The quantitative estimate of drug-likeness (QED) is 0.367. The minimum absolute atomic E-state index is 0.0575. The first-order chi connectivity index (χ1) is 18.0. The maximum atomic E-state index is 14.0. The lowest BCUT2D eigenvalue weighted by Gasteiger charge is -2.32. The number of benzene rings is 1. The molecule has 0 bridgehead atoms. The first-order valence-electron chi connectivity index (χ1n) is 12.6. The maximum Gasteiger partial charge on any atom is 0.220 e. The van der Waals surface area contributed by atoms with E-state index in [1.807, 2.05) is 0 Å². The number of halogens is 2. The standard InChI is InChI=1S/C24H32F2N6O4S2/c25-17-3-1-4-18(26)19(17)20(33)21-22(27)30-24(37-21)29-16-7-12-32(13-8-16)38(35,36)14-2-9-31-10-5-15(6-11-31)23(28)34/h1,3-4,15-16H,2,5-14,27H2,(H2,28,34)(H,29,30). The van der Waals surface area contributed by atoms with Crippen LogP contribution in [0.25, 0.3) is 0 Å². The number of rotatable bonds is 10. The molecular weight excluding hydrogens is 538 g/mol. The summed E-state index contributed by atoms with van der Waals surface area (Å²) in [4.78, 5) is 30.2. The van der Waals surface area contributed by atoms with Gasteiger partial charge in [-0.25, -0.2) is 26.5 Å². The minimum Gasteiger partial charge on any atom is -0.382 e. The van der Waals surface area contributed by atoms with Gasteiger partial charge in [0.05, 0.1) is 11.3 Å². The number of likely N-dealkylation sites (tertiary alicyclic amines) is 1. The van der Waals surface area contributed by atoms with Crippen molar-refractivity contribution in [1.82, 2.24) is 14.2 Å². The predicted molar refractivity (Wildman–Crippen MR) is 141 cm³/mol. The number of nitrogens with zero attached hydrogens (tertiary/aromatic N) is 3. The molecule has 0 radical (unpaired) electrons. The van der Waals surface area contributed by atoms with Gasteiger partial charge in [-0.2, -0.15) is 0 Å². The molecule has 3 heterocycles. The van der Waals surface area contributed by atoms with Crippen LogP contribution in [0.4, 0.5) is 19.7 Å². The van der Waals surface area contributed by atoms with E-state index in [1.54, 1.807) is 0 Å². The van der Waals surface area contributed by atoms with E-state index in [0.29, 0.717) is 56.9 Å². The van der Waals surface area contributed by atoms with Gasteiger partial charge in [-0.15, -0.1) is 0 Å². The van der Waals surface area contributed by atoms with Crippen molar-refractivity contribution in [1.29, 1.82) is 0 Å². The van der Waals surface area contributed by atoms with Gasteiger partial charge in [0.15, 0.2) is 5.13 Å². The number of piperidine rings is 2. The number of carbonyl (C=O) groups is 2. The molecule has 0 saturated carbocycles. The molecule has 0 spiro atoms. The molecule has 38 heavy (non-hydrogen) atoms. The lowest BCUT2D eigenvalue weighted by molar-refractivity contribution is -0.123. The van der Waals surface area contributed by atoms with E-state index in [-0.39, 0.29) is 34.3 Å². The lowest BCUT2D eigenvalue weighted by atomic mass is 9.96. The van der Waals surface area contributed by atoms with Crippen molar-refractivity contribution < 1.29 is 26.8 Å². The van der Waals surface area contributed by atoms with Gasteiger partial charge in [-0.1, -0.05) is 17.4 Å². The van der Waals surface area contributed by atoms with Gasteiger partial charge >= 0.3 is 0 Å². The van der Waals surface area contributed by atoms with Crippen molar-refractivity contribution >= 4 is 44.0 Å². The molecule has 2 saturated heterocycles. The van der Waals surface area contributed by atoms with Crippen molar-refractivity contribution in [2.75, 3.05) is 49.5 Å². The summed E-state index contributed by atoms with van der Waals surface area (Å²) in [6.45, 7) is 2.84. The second-order valence-electron chi connectivity index (χ2n) is 9.66. The number of primary amides is 1. The molecule has 2 fully saturated rings. The van der Waals surface area contributed by atoms with Gasteiger partial charge in [-0.05, 0) is 63.9 Å². The molecule has 0 aliphatic carbocycles. The number of carbonyl (C=O) groups excluding carboxylic acids is 2. The monoisotopic (exact) mass is 570 g/mol. The van der Waals surface area contributed by atoms with Crippen LogP contribution in [-0.4, -0.2) is 78.8 Å². The van der Waals surface area contributed by atoms with Gasteiger partial charge in [0.1, 0.15) is 22.3 Å². The topological polar surface area (TPSA) is 152 Å². The highest BCUT2D eigenvalue weighted by Gasteiger charge is 2.30. The smallest absolute Gasteiger partial charge is 0.220 e. The minimum atomic E-state index is -3.40. The van der Waals surface area contributed by atoms with E-state index in [4.69, 9.17) is 11.5 Å². The van der Waals surface area contributed by atoms with Crippen LogP contribution in [-0.2, 0) is 14.8 Å². The fourth-order valence-electron chi connectivity index (χ4n) is 4.88. The number of anilines is 2. The zero-order valence-electron chi connectivity index (χ0n) is 20.9. The molecule has 2 aliphatic rings. The highest BCUT2D eigenvalue weighted by Crippen LogP contribution is 2.30. The Hall–Kier alpha value is -2.68. The summed E-state index contributed by atoms with van der Waals surface area (Å²) in [5, 5.41) is 3.51. The molecule has 10 nitrogen and oxygen atoms in total. The third-order valence-corrected chi connectivity index (χ3v) is 10.0. The molecule has 1 aromatic carbocycles. The maximum absolute atomic E-state index is 14.0. The van der Waals surface area contributed by atoms with E-state index in [2.05, 4.69) is 15.2 Å². The van der Waals surface area contributed by atoms with Gasteiger partial charge in [0, 0.05) is 25.0 Å². The van der Waals surface area contributed by atoms with Crippen LogP contribution < -0.4 is 16.8 Å². The predicted octanol–water partition coefficient (Wildman–Crippen LogP) is 2.03. The summed E-state index contributed by atoms with van der Waals surface area (Å²) >= 11 is 0.914. The Morgan fingerprint density at radius 3 is 2.32 bits per heavy atom. The number of aromatic nitrogens is 1. The number of hydrogen-bond donors (Lipinski definition) is 3. The Bertz CT molecular complexity index is 1250. The van der Waals surface area contributed by atoms with Crippen molar-refractivity contribution in [2.24, 2.45) is 11.7 Å². The Balaban J connectivity index is 1.25. The molecule has 5 N–H and O–H groups in total. The van der Waals surface area contributed by atoms with Crippen LogP contribution >= 0.6 is 11.3 Å². The SMILES string of the molecule is NC(=O)C1CCN(CCCS(=O)(=O)N2CCC(Nc3nc(N)c(C(=O)c4c(F)cccc4F)s3)CC2)CC1. The van der Waals surface area contributed by atoms with Crippen LogP contribution in [0.3, 0.4) is 0 Å². The molecule has 14 heteroatoms. The Morgan fingerprint density at radius 2 is 1.71 bits per heavy atom. The third-order valence-electron chi connectivity index (χ3n) is 7.09. The van der Waals surface area contributed by atoms with Gasteiger partial charge in [-0.3, -0.25) is 9.59 Å². The largest absolute Gasteiger partial charge is 0.382 e. The molecule has 1 amide bonds. The Labute approximate surface area is 224 Å². The van der Waals surface area contributed by atoms with Crippen LogP contribution in [0.1, 0.15) is 47.3 Å². The normalized spacial score (nSPS) is 18.5. The number of ketones is 1. The van der Waals surface area contributed by atoms with Crippen LogP contribution in [0, 0.1) is 17.6 Å². The number of amides is 1. The molecule has 2 aromatic rings. The molecule has 208 valence electrons. The number of hydrogen-bond acceptors (Lipinski definition) is 9. The Morgan fingerprint density at radius 1 is 1.08 bits per heavy atom. The average Bonchev–Trinajstić information content (AvgIpc) is 3.24. The summed E-state index contributed by atoms with van der Waals surface area (Å²) in [5.41, 5.74) is 10.6. The van der Waals surface area contributed by atoms with Crippen LogP contribution in [0.2, 0.25) is 0 Å². The van der Waals surface area contributed by atoms with E-state index in [0.717, 1.165) is 36.6 Å². The summed E-state index contributed by atoms with van der Waals surface area (Å²) in [6.07, 6.45) is 3.00. The van der Waals surface area contributed by atoms with E-state index < -0.39 is 33.0 Å².